The lowest BCUT2D eigenvalue weighted by Crippen LogP contribution is -2.26. The number of carbonyl (C=O) groups excluding carboxylic acids is 1. The van der Waals surface area contributed by atoms with Gasteiger partial charge in [0.15, 0.2) is 19.7 Å². The van der Waals surface area contributed by atoms with Crippen molar-refractivity contribution in [3.05, 3.63) is 29.8 Å². The minimum Gasteiger partial charge on any atom is -0.349 e. The van der Waals surface area contributed by atoms with Gasteiger partial charge in [-0.3, -0.25) is 4.79 Å². The molecule has 0 radical (unpaired) electrons. The van der Waals surface area contributed by atoms with E-state index in [4.69, 9.17) is 0 Å². The first-order chi connectivity index (χ1) is 10.3. The summed E-state index contributed by atoms with van der Waals surface area (Å²) in [5.74, 6) is -0.731. The monoisotopic (exact) mass is 343 g/mol. The fourth-order valence-electron chi connectivity index (χ4n) is 2.51. The maximum absolute atomic E-state index is 12.5. The Morgan fingerprint density at radius 1 is 1.18 bits per heavy atom. The third-order valence-corrected chi connectivity index (χ3v) is 8.14. The van der Waals surface area contributed by atoms with Gasteiger partial charge in [0.1, 0.15) is 0 Å². The van der Waals surface area contributed by atoms with E-state index in [1.807, 2.05) is 0 Å². The summed E-state index contributed by atoms with van der Waals surface area (Å²) in [6.45, 7) is 0. The van der Waals surface area contributed by atoms with Gasteiger partial charge >= 0.3 is 0 Å². The zero-order valence-corrected chi connectivity index (χ0v) is 13.5. The van der Waals surface area contributed by atoms with Crippen LogP contribution in [0.1, 0.15) is 29.6 Å². The van der Waals surface area contributed by atoms with Gasteiger partial charge in [-0.15, -0.1) is 0 Å². The van der Waals surface area contributed by atoms with Crippen molar-refractivity contribution in [1.29, 1.82) is 0 Å². The first-order valence-electron chi connectivity index (χ1n) is 7.13. The molecular formula is C14H17NO5S2. The van der Waals surface area contributed by atoms with Crippen LogP contribution in [0, 0.1) is 0 Å². The highest BCUT2D eigenvalue weighted by molar-refractivity contribution is 7.96. The van der Waals surface area contributed by atoms with E-state index in [2.05, 4.69) is 5.32 Å². The highest BCUT2D eigenvalue weighted by Crippen LogP contribution is 2.26. The summed E-state index contributed by atoms with van der Waals surface area (Å²) >= 11 is 0. The smallest absolute Gasteiger partial charge is 0.251 e. The SMILES string of the molecule is O=C(NC1CC1)c1cccc(S(=O)(=O)[C@@H]2CCS(=O)(=O)C2)c1. The molecule has 1 atom stereocenters. The Bertz CT molecular complexity index is 809. The van der Waals surface area contributed by atoms with Crippen LogP contribution in [0.25, 0.3) is 0 Å². The van der Waals surface area contributed by atoms with Gasteiger partial charge in [-0.05, 0) is 37.5 Å². The predicted octanol–water partition coefficient (Wildman–Crippen LogP) is 0.540. The third-order valence-electron chi connectivity index (χ3n) is 3.97. The average molecular weight is 343 g/mol. The maximum Gasteiger partial charge on any atom is 0.251 e. The molecule has 0 aromatic heterocycles. The number of nitrogens with one attached hydrogen (secondary N) is 1. The molecule has 0 bridgehead atoms. The van der Waals surface area contributed by atoms with Crippen molar-refractivity contribution in [3.63, 3.8) is 0 Å². The molecule has 1 aromatic carbocycles. The molecule has 6 nitrogen and oxygen atoms in total. The van der Waals surface area contributed by atoms with E-state index in [1.165, 1.54) is 18.2 Å². The van der Waals surface area contributed by atoms with E-state index in [0.29, 0.717) is 0 Å². The van der Waals surface area contributed by atoms with Crippen molar-refractivity contribution < 1.29 is 21.6 Å². The Hall–Kier alpha value is -1.41. The molecule has 1 N–H and O–H groups in total. The van der Waals surface area contributed by atoms with Gasteiger partial charge in [-0.25, -0.2) is 16.8 Å². The number of rotatable bonds is 4. The molecule has 1 aromatic rings. The van der Waals surface area contributed by atoms with Gasteiger partial charge in [-0.1, -0.05) is 6.07 Å². The molecule has 3 rings (SSSR count). The highest BCUT2D eigenvalue weighted by atomic mass is 32.2. The molecule has 1 amide bonds. The van der Waals surface area contributed by atoms with Crippen LogP contribution in [0.2, 0.25) is 0 Å². The van der Waals surface area contributed by atoms with Gasteiger partial charge in [0.05, 0.1) is 21.7 Å². The zero-order chi connectivity index (χ0) is 16.0. The van der Waals surface area contributed by atoms with Crippen molar-refractivity contribution in [3.8, 4) is 0 Å². The fraction of sp³-hybridized carbons (Fsp3) is 0.500. The standard InChI is InChI=1S/C14H17NO5S2/c16-14(15-11-4-5-11)10-2-1-3-12(8-10)22(19,20)13-6-7-21(17,18)9-13/h1-3,8,11,13H,4-7,9H2,(H,15,16)/t13-/m1/s1. The average Bonchev–Trinajstić information content (AvgIpc) is 3.20. The second-order valence-electron chi connectivity index (χ2n) is 5.85. The predicted molar refractivity (Wildman–Crippen MR) is 81.2 cm³/mol. The molecule has 2 fully saturated rings. The van der Waals surface area contributed by atoms with Crippen molar-refractivity contribution >= 4 is 25.6 Å². The largest absolute Gasteiger partial charge is 0.349 e. The summed E-state index contributed by atoms with van der Waals surface area (Å²) in [7, 11) is -7.02. The minimum absolute atomic E-state index is 0.0121. The lowest BCUT2D eigenvalue weighted by Gasteiger charge is -2.11. The van der Waals surface area contributed by atoms with Crippen LogP contribution in [0.5, 0.6) is 0 Å². The number of amides is 1. The summed E-state index contributed by atoms with van der Waals surface area (Å²) in [5, 5.41) is 1.88. The summed E-state index contributed by atoms with van der Waals surface area (Å²) in [5.41, 5.74) is 0.286. The van der Waals surface area contributed by atoms with Gasteiger partial charge in [0.2, 0.25) is 0 Å². The molecule has 120 valence electrons. The molecule has 22 heavy (non-hydrogen) atoms. The van der Waals surface area contributed by atoms with Gasteiger partial charge in [-0.2, -0.15) is 0 Å². The van der Waals surface area contributed by atoms with Gasteiger partial charge in [0.25, 0.3) is 5.91 Å². The second-order valence-corrected chi connectivity index (χ2v) is 10.3. The third kappa shape index (κ3) is 3.17. The molecule has 0 spiro atoms. The molecule has 1 saturated carbocycles. The molecule has 1 aliphatic heterocycles. The number of carbonyl (C=O) groups is 1. The summed E-state index contributed by atoms with van der Waals surface area (Å²) in [6, 6.07) is 6.00. The number of hydrogen-bond acceptors (Lipinski definition) is 5. The lowest BCUT2D eigenvalue weighted by molar-refractivity contribution is 0.0951. The van der Waals surface area contributed by atoms with Crippen molar-refractivity contribution in [2.24, 2.45) is 0 Å². The van der Waals surface area contributed by atoms with E-state index in [1.54, 1.807) is 6.07 Å². The Labute approximate surface area is 129 Å². The maximum atomic E-state index is 12.5. The first-order valence-corrected chi connectivity index (χ1v) is 10.5. The van der Waals surface area contributed by atoms with Crippen LogP contribution in [0.3, 0.4) is 0 Å². The van der Waals surface area contributed by atoms with E-state index in [-0.39, 0.29) is 40.3 Å². The first kappa shape index (κ1) is 15.5. The zero-order valence-electron chi connectivity index (χ0n) is 11.9. The van der Waals surface area contributed by atoms with Crippen LogP contribution < -0.4 is 5.32 Å². The second kappa shape index (κ2) is 5.34. The van der Waals surface area contributed by atoms with Crippen LogP contribution in [-0.2, 0) is 19.7 Å². The number of sulfone groups is 2. The summed E-state index contributed by atoms with van der Waals surface area (Å²) in [6.07, 6.45) is 2.01. The Balaban J connectivity index is 1.86. The Morgan fingerprint density at radius 3 is 2.50 bits per heavy atom. The van der Waals surface area contributed by atoms with Crippen molar-refractivity contribution in [1.82, 2.24) is 5.32 Å². The highest BCUT2D eigenvalue weighted by Gasteiger charge is 2.38. The van der Waals surface area contributed by atoms with Crippen LogP contribution in [-0.4, -0.2) is 45.5 Å². The van der Waals surface area contributed by atoms with E-state index < -0.39 is 24.9 Å². The quantitative estimate of drug-likeness (QED) is 0.860. The van der Waals surface area contributed by atoms with E-state index in [9.17, 15) is 21.6 Å². The molecular weight excluding hydrogens is 326 g/mol. The molecule has 1 saturated heterocycles. The van der Waals surface area contributed by atoms with Crippen LogP contribution in [0.4, 0.5) is 0 Å². The molecule has 1 heterocycles. The van der Waals surface area contributed by atoms with Crippen molar-refractivity contribution in [2.75, 3.05) is 11.5 Å². The van der Waals surface area contributed by atoms with Crippen molar-refractivity contribution in [2.45, 2.75) is 35.4 Å². The Kier molecular flexibility index (Phi) is 3.76. The number of hydrogen-bond donors (Lipinski definition) is 1. The summed E-state index contributed by atoms with van der Waals surface area (Å²) in [4.78, 5) is 12.0. The van der Waals surface area contributed by atoms with E-state index in [0.717, 1.165) is 12.8 Å². The molecule has 0 unspecified atom stereocenters. The Morgan fingerprint density at radius 2 is 1.91 bits per heavy atom. The molecule has 2 aliphatic rings. The fourth-order valence-corrected chi connectivity index (χ4v) is 6.91. The van der Waals surface area contributed by atoms with Crippen LogP contribution >= 0.6 is 0 Å². The number of benzene rings is 1. The molecule has 8 heteroatoms. The minimum atomic E-state index is -3.74. The topological polar surface area (TPSA) is 97.4 Å². The molecule has 1 aliphatic carbocycles. The van der Waals surface area contributed by atoms with Gasteiger partial charge in [0, 0.05) is 11.6 Å². The van der Waals surface area contributed by atoms with Gasteiger partial charge < -0.3 is 5.32 Å². The van der Waals surface area contributed by atoms with E-state index >= 15 is 0 Å². The van der Waals surface area contributed by atoms with Crippen LogP contribution in [0.15, 0.2) is 29.2 Å². The lowest BCUT2D eigenvalue weighted by atomic mass is 10.2. The summed E-state index contributed by atoms with van der Waals surface area (Å²) < 4.78 is 48.1. The normalized spacial score (nSPS) is 24.1.